The van der Waals surface area contributed by atoms with E-state index in [-0.39, 0.29) is 24.1 Å². The van der Waals surface area contributed by atoms with Gasteiger partial charge in [0.2, 0.25) is 5.91 Å². The highest BCUT2D eigenvalue weighted by atomic mass is 16.5. The molecule has 0 aromatic rings. The van der Waals surface area contributed by atoms with E-state index >= 15 is 0 Å². The molecule has 4 heteroatoms. The average molecular weight is 212 g/mol. The van der Waals surface area contributed by atoms with Crippen molar-refractivity contribution in [2.24, 2.45) is 11.7 Å². The maximum atomic E-state index is 11.6. The van der Waals surface area contributed by atoms with Crippen molar-refractivity contribution in [2.75, 3.05) is 6.61 Å². The first-order chi connectivity index (χ1) is 7.16. The number of amides is 1. The standard InChI is InChI=1S/C11H20N2O2/c1-7-10(4-5-15-7)13-11(14)6-9(12)8-2-3-8/h7-10H,2-6,12H2,1H3,(H,13,14). The largest absolute Gasteiger partial charge is 0.376 e. The molecule has 86 valence electrons. The minimum atomic E-state index is 0.0580. The quantitative estimate of drug-likeness (QED) is 0.709. The Kier molecular flexibility index (Phi) is 3.26. The number of hydrogen-bond acceptors (Lipinski definition) is 3. The van der Waals surface area contributed by atoms with Gasteiger partial charge in [-0.15, -0.1) is 0 Å². The van der Waals surface area contributed by atoms with Crippen molar-refractivity contribution in [3.8, 4) is 0 Å². The molecule has 1 saturated carbocycles. The van der Waals surface area contributed by atoms with E-state index in [2.05, 4.69) is 5.32 Å². The Hall–Kier alpha value is -0.610. The van der Waals surface area contributed by atoms with E-state index in [0.717, 1.165) is 13.0 Å². The number of carbonyl (C=O) groups excluding carboxylic acids is 1. The molecule has 1 saturated heterocycles. The van der Waals surface area contributed by atoms with Gasteiger partial charge in [0.25, 0.3) is 0 Å². The predicted molar refractivity (Wildman–Crippen MR) is 57.3 cm³/mol. The molecule has 2 fully saturated rings. The van der Waals surface area contributed by atoms with Crippen LogP contribution >= 0.6 is 0 Å². The minimum Gasteiger partial charge on any atom is -0.376 e. The first-order valence-electron chi connectivity index (χ1n) is 5.83. The fraction of sp³-hybridized carbons (Fsp3) is 0.909. The van der Waals surface area contributed by atoms with Crippen LogP contribution in [0.1, 0.15) is 32.6 Å². The maximum Gasteiger partial charge on any atom is 0.221 e. The van der Waals surface area contributed by atoms with Crippen LogP contribution in [0, 0.1) is 5.92 Å². The van der Waals surface area contributed by atoms with Gasteiger partial charge in [-0.25, -0.2) is 0 Å². The van der Waals surface area contributed by atoms with Crippen LogP contribution in [-0.2, 0) is 9.53 Å². The second kappa shape index (κ2) is 4.49. The zero-order valence-corrected chi connectivity index (χ0v) is 9.24. The van der Waals surface area contributed by atoms with Gasteiger partial charge < -0.3 is 15.8 Å². The van der Waals surface area contributed by atoms with Crippen molar-refractivity contribution >= 4 is 5.91 Å². The Balaban J connectivity index is 1.71. The molecular formula is C11H20N2O2. The van der Waals surface area contributed by atoms with E-state index in [1.54, 1.807) is 0 Å². The molecule has 0 radical (unpaired) electrons. The van der Waals surface area contributed by atoms with Crippen molar-refractivity contribution < 1.29 is 9.53 Å². The molecule has 0 aromatic carbocycles. The minimum absolute atomic E-state index is 0.0580. The molecule has 1 heterocycles. The van der Waals surface area contributed by atoms with Gasteiger partial charge in [-0.2, -0.15) is 0 Å². The number of ether oxygens (including phenoxy) is 1. The van der Waals surface area contributed by atoms with Gasteiger partial charge in [0.05, 0.1) is 12.1 Å². The Morgan fingerprint density at radius 2 is 2.27 bits per heavy atom. The Bertz CT molecular complexity index is 241. The molecule has 1 aliphatic heterocycles. The van der Waals surface area contributed by atoms with E-state index in [0.29, 0.717) is 12.3 Å². The number of rotatable bonds is 4. The van der Waals surface area contributed by atoms with Crippen LogP contribution < -0.4 is 11.1 Å². The average Bonchev–Trinajstić information content (AvgIpc) is 2.94. The molecule has 15 heavy (non-hydrogen) atoms. The normalized spacial score (nSPS) is 32.7. The lowest BCUT2D eigenvalue weighted by molar-refractivity contribution is -0.122. The summed E-state index contributed by atoms with van der Waals surface area (Å²) in [5.74, 6) is 0.671. The molecule has 2 aliphatic rings. The molecule has 1 aliphatic carbocycles. The lowest BCUT2D eigenvalue weighted by Gasteiger charge is -2.17. The third kappa shape index (κ3) is 2.92. The molecule has 0 aromatic heterocycles. The number of carbonyl (C=O) groups is 1. The summed E-state index contributed by atoms with van der Waals surface area (Å²) in [7, 11) is 0. The van der Waals surface area contributed by atoms with Crippen LogP contribution in [0.3, 0.4) is 0 Å². The highest BCUT2D eigenvalue weighted by Gasteiger charge is 2.31. The van der Waals surface area contributed by atoms with Crippen LogP contribution in [0.15, 0.2) is 0 Å². The zero-order chi connectivity index (χ0) is 10.8. The molecule has 3 N–H and O–H groups in total. The van der Waals surface area contributed by atoms with Crippen LogP contribution in [0.5, 0.6) is 0 Å². The second-order valence-corrected chi connectivity index (χ2v) is 4.74. The highest BCUT2D eigenvalue weighted by molar-refractivity contribution is 5.77. The van der Waals surface area contributed by atoms with Gasteiger partial charge in [0.15, 0.2) is 0 Å². The van der Waals surface area contributed by atoms with E-state index in [1.807, 2.05) is 6.92 Å². The van der Waals surface area contributed by atoms with E-state index < -0.39 is 0 Å². The van der Waals surface area contributed by atoms with Crippen LogP contribution in [-0.4, -0.2) is 30.7 Å². The van der Waals surface area contributed by atoms with Gasteiger partial charge in [-0.1, -0.05) is 0 Å². The summed E-state index contributed by atoms with van der Waals surface area (Å²) in [6.45, 7) is 2.75. The summed E-state index contributed by atoms with van der Waals surface area (Å²) >= 11 is 0. The molecule has 1 amide bonds. The number of hydrogen-bond donors (Lipinski definition) is 2. The Morgan fingerprint density at radius 3 is 2.80 bits per heavy atom. The molecule has 0 bridgehead atoms. The molecule has 3 unspecified atom stereocenters. The van der Waals surface area contributed by atoms with Crippen molar-refractivity contribution in [3.05, 3.63) is 0 Å². The molecular weight excluding hydrogens is 192 g/mol. The van der Waals surface area contributed by atoms with Crippen molar-refractivity contribution in [2.45, 2.75) is 50.8 Å². The number of nitrogens with one attached hydrogen (secondary N) is 1. The topological polar surface area (TPSA) is 64.3 Å². The van der Waals surface area contributed by atoms with Crippen molar-refractivity contribution in [1.82, 2.24) is 5.32 Å². The van der Waals surface area contributed by atoms with E-state index in [4.69, 9.17) is 10.5 Å². The van der Waals surface area contributed by atoms with Gasteiger partial charge in [-0.3, -0.25) is 4.79 Å². The van der Waals surface area contributed by atoms with Gasteiger partial charge in [0.1, 0.15) is 0 Å². The molecule has 4 nitrogen and oxygen atoms in total. The summed E-state index contributed by atoms with van der Waals surface area (Å²) in [5.41, 5.74) is 5.90. The summed E-state index contributed by atoms with van der Waals surface area (Å²) in [6, 6.07) is 0.242. The molecule has 2 rings (SSSR count). The summed E-state index contributed by atoms with van der Waals surface area (Å²) in [6.07, 6.45) is 3.92. The van der Waals surface area contributed by atoms with Gasteiger partial charge >= 0.3 is 0 Å². The van der Waals surface area contributed by atoms with Crippen LogP contribution in [0.4, 0.5) is 0 Å². The monoisotopic (exact) mass is 212 g/mol. The van der Waals surface area contributed by atoms with E-state index in [9.17, 15) is 4.79 Å². The molecule has 3 atom stereocenters. The summed E-state index contributed by atoms with van der Waals surface area (Å²) in [4.78, 5) is 11.6. The fourth-order valence-corrected chi connectivity index (χ4v) is 2.09. The van der Waals surface area contributed by atoms with Crippen molar-refractivity contribution in [3.63, 3.8) is 0 Å². The zero-order valence-electron chi connectivity index (χ0n) is 9.24. The summed E-state index contributed by atoms with van der Waals surface area (Å²) < 4.78 is 5.39. The first-order valence-corrected chi connectivity index (χ1v) is 5.83. The van der Waals surface area contributed by atoms with Gasteiger partial charge in [-0.05, 0) is 32.1 Å². The van der Waals surface area contributed by atoms with E-state index in [1.165, 1.54) is 12.8 Å². The third-order valence-corrected chi connectivity index (χ3v) is 3.37. The van der Waals surface area contributed by atoms with Gasteiger partial charge in [0, 0.05) is 19.1 Å². The van der Waals surface area contributed by atoms with Crippen LogP contribution in [0.2, 0.25) is 0 Å². The van der Waals surface area contributed by atoms with Crippen molar-refractivity contribution in [1.29, 1.82) is 0 Å². The summed E-state index contributed by atoms with van der Waals surface area (Å²) in [5, 5.41) is 3.00. The smallest absolute Gasteiger partial charge is 0.221 e. The third-order valence-electron chi connectivity index (χ3n) is 3.37. The lowest BCUT2D eigenvalue weighted by atomic mass is 10.1. The lowest BCUT2D eigenvalue weighted by Crippen LogP contribution is -2.42. The SMILES string of the molecule is CC1OCCC1NC(=O)CC(N)C1CC1. The predicted octanol–water partition coefficient (Wildman–Crippen LogP) is 0.407. The van der Waals surface area contributed by atoms with Crippen LogP contribution in [0.25, 0.3) is 0 Å². The maximum absolute atomic E-state index is 11.6. The Labute approximate surface area is 90.5 Å². The first kappa shape index (κ1) is 10.9. The second-order valence-electron chi connectivity index (χ2n) is 4.74. The Morgan fingerprint density at radius 1 is 1.53 bits per heavy atom. The molecule has 0 spiro atoms. The fourth-order valence-electron chi connectivity index (χ4n) is 2.09. The number of nitrogens with two attached hydrogens (primary N) is 1. The highest BCUT2D eigenvalue weighted by Crippen LogP contribution is 2.32.